The average molecular weight is 343 g/mol. The van der Waals surface area contributed by atoms with Crippen LogP contribution in [-0.4, -0.2) is 5.91 Å². The number of rotatable bonds is 2. The van der Waals surface area contributed by atoms with E-state index in [-0.39, 0.29) is 24.4 Å². The molecule has 3 N–H and O–H groups in total. The summed E-state index contributed by atoms with van der Waals surface area (Å²) in [5, 5.41) is 5.42. The van der Waals surface area contributed by atoms with Crippen LogP contribution in [0.1, 0.15) is 39.7 Å². The van der Waals surface area contributed by atoms with E-state index in [2.05, 4.69) is 5.32 Å². The Morgan fingerprint density at radius 1 is 1.38 bits per heavy atom. The molecule has 21 heavy (non-hydrogen) atoms. The molecule has 1 aliphatic carbocycles. The summed E-state index contributed by atoms with van der Waals surface area (Å²) in [5.41, 5.74) is 9.01. The van der Waals surface area contributed by atoms with Crippen LogP contribution in [-0.2, 0) is 6.42 Å². The van der Waals surface area contributed by atoms with Crippen LogP contribution in [0, 0.1) is 0 Å². The summed E-state index contributed by atoms with van der Waals surface area (Å²) in [6.45, 7) is 0. The minimum atomic E-state index is -0.0975. The van der Waals surface area contributed by atoms with Crippen LogP contribution in [0.2, 0.25) is 5.02 Å². The number of nitrogens with two attached hydrogens (primary N) is 1. The number of carbonyl (C=O) groups excluding carboxylic acids is 1. The molecular formula is C15H16Cl2N2OS. The van der Waals surface area contributed by atoms with Gasteiger partial charge in [-0.05, 0) is 54.0 Å². The molecule has 3 nitrogen and oxygen atoms in total. The summed E-state index contributed by atoms with van der Waals surface area (Å²) in [7, 11) is 0. The zero-order chi connectivity index (χ0) is 14.1. The molecule has 1 aromatic carbocycles. The number of carbonyl (C=O) groups is 1. The van der Waals surface area contributed by atoms with E-state index in [9.17, 15) is 4.79 Å². The molecule has 2 aromatic rings. The van der Waals surface area contributed by atoms with Gasteiger partial charge in [-0.2, -0.15) is 0 Å². The maximum absolute atomic E-state index is 12.3. The number of amides is 1. The van der Waals surface area contributed by atoms with Crippen LogP contribution in [0.15, 0.2) is 29.6 Å². The normalized spacial score (nSPS) is 16.7. The van der Waals surface area contributed by atoms with Crippen molar-refractivity contribution in [2.75, 3.05) is 5.73 Å². The first kappa shape index (κ1) is 16.1. The Kier molecular flexibility index (Phi) is 5.14. The van der Waals surface area contributed by atoms with E-state index in [0.717, 1.165) is 24.9 Å². The molecule has 1 aromatic heterocycles. The molecule has 1 aliphatic rings. The van der Waals surface area contributed by atoms with E-state index in [1.54, 1.807) is 6.07 Å². The van der Waals surface area contributed by atoms with Gasteiger partial charge in [0.1, 0.15) is 4.88 Å². The highest BCUT2D eigenvalue weighted by Crippen LogP contribution is 2.32. The summed E-state index contributed by atoms with van der Waals surface area (Å²) in [5.74, 6) is -0.0975. The van der Waals surface area contributed by atoms with Gasteiger partial charge in [0.25, 0.3) is 5.91 Å². The molecule has 0 spiro atoms. The largest absolute Gasteiger partial charge is 0.399 e. The Labute approximate surface area is 138 Å². The number of nitrogens with one attached hydrogen (secondary N) is 1. The maximum atomic E-state index is 12.3. The van der Waals surface area contributed by atoms with E-state index in [1.165, 1.54) is 22.5 Å². The second-order valence-corrected chi connectivity index (χ2v) is 6.30. The van der Waals surface area contributed by atoms with Gasteiger partial charge in [0, 0.05) is 5.69 Å². The van der Waals surface area contributed by atoms with Gasteiger partial charge in [-0.15, -0.1) is 23.7 Å². The number of fused-ring (bicyclic) bond motifs is 1. The molecule has 0 radical (unpaired) electrons. The lowest BCUT2D eigenvalue weighted by Gasteiger charge is -2.26. The first-order valence-corrected chi connectivity index (χ1v) is 7.83. The fraction of sp³-hybridized carbons (Fsp3) is 0.267. The van der Waals surface area contributed by atoms with Crippen molar-refractivity contribution in [1.82, 2.24) is 5.32 Å². The van der Waals surface area contributed by atoms with Gasteiger partial charge in [0.2, 0.25) is 0 Å². The predicted molar refractivity (Wildman–Crippen MR) is 90.6 cm³/mol. The molecule has 1 amide bonds. The number of hydrogen-bond acceptors (Lipinski definition) is 3. The van der Waals surface area contributed by atoms with E-state index in [1.807, 2.05) is 23.6 Å². The minimum absolute atomic E-state index is 0. The summed E-state index contributed by atoms with van der Waals surface area (Å²) in [6.07, 6.45) is 3.03. The summed E-state index contributed by atoms with van der Waals surface area (Å²) < 4.78 is 0. The maximum Gasteiger partial charge on any atom is 0.263 e. The first-order valence-electron chi connectivity index (χ1n) is 6.57. The topological polar surface area (TPSA) is 55.1 Å². The number of benzene rings is 1. The predicted octanol–water partition coefficient (Wildman–Crippen LogP) is 4.21. The highest BCUT2D eigenvalue weighted by molar-refractivity contribution is 7.12. The summed E-state index contributed by atoms with van der Waals surface area (Å²) in [4.78, 5) is 12.8. The number of anilines is 1. The Balaban J connectivity index is 0.00000161. The first-order chi connectivity index (χ1) is 9.65. The van der Waals surface area contributed by atoms with Gasteiger partial charge in [-0.25, -0.2) is 0 Å². The third kappa shape index (κ3) is 3.34. The van der Waals surface area contributed by atoms with Gasteiger partial charge in [-0.1, -0.05) is 17.7 Å². The molecule has 3 rings (SSSR count). The number of nitrogen functional groups attached to an aromatic ring is 1. The van der Waals surface area contributed by atoms with Crippen LogP contribution in [0.5, 0.6) is 0 Å². The molecule has 112 valence electrons. The number of thiophene rings is 1. The lowest BCUT2D eigenvalue weighted by atomic mass is 9.87. The molecule has 0 fully saturated rings. The van der Waals surface area contributed by atoms with Gasteiger partial charge in [0.15, 0.2) is 0 Å². The Bertz CT molecular complexity index is 657. The Hall–Kier alpha value is -1.23. The van der Waals surface area contributed by atoms with Gasteiger partial charge in [0.05, 0.1) is 11.1 Å². The highest BCUT2D eigenvalue weighted by Gasteiger charge is 2.23. The highest BCUT2D eigenvalue weighted by atomic mass is 35.5. The Morgan fingerprint density at radius 3 is 2.90 bits per heavy atom. The van der Waals surface area contributed by atoms with Crippen molar-refractivity contribution in [3.05, 3.63) is 50.7 Å². The van der Waals surface area contributed by atoms with Crippen molar-refractivity contribution in [2.24, 2.45) is 0 Å². The fourth-order valence-corrected chi connectivity index (χ4v) is 3.71. The van der Waals surface area contributed by atoms with Crippen molar-refractivity contribution in [2.45, 2.75) is 25.3 Å². The quantitative estimate of drug-likeness (QED) is 0.803. The third-order valence-electron chi connectivity index (χ3n) is 3.61. The monoisotopic (exact) mass is 342 g/mol. The lowest BCUT2D eigenvalue weighted by molar-refractivity contribution is 0.0937. The molecule has 1 atom stereocenters. The molecule has 0 bridgehead atoms. The lowest BCUT2D eigenvalue weighted by Crippen LogP contribution is -2.30. The molecule has 1 unspecified atom stereocenters. The van der Waals surface area contributed by atoms with Crippen LogP contribution in [0.4, 0.5) is 5.69 Å². The van der Waals surface area contributed by atoms with E-state index >= 15 is 0 Å². The van der Waals surface area contributed by atoms with Crippen molar-refractivity contribution >= 4 is 46.9 Å². The second-order valence-electron chi connectivity index (χ2n) is 4.97. The minimum Gasteiger partial charge on any atom is -0.399 e. The van der Waals surface area contributed by atoms with Crippen LogP contribution in [0.3, 0.4) is 0 Å². The van der Waals surface area contributed by atoms with Gasteiger partial charge in [-0.3, -0.25) is 4.79 Å². The SMILES string of the molecule is Cl.Nc1ccc2c(c1)CCCC2NC(=O)c1sccc1Cl. The van der Waals surface area contributed by atoms with E-state index < -0.39 is 0 Å². The molecular weight excluding hydrogens is 327 g/mol. The third-order valence-corrected chi connectivity index (χ3v) is 4.95. The number of halogens is 2. The molecule has 0 saturated carbocycles. The zero-order valence-electron chi connectivity index (χ0n) is 11.3. The standard InChI is InChI=1S/C15H15ClN2OS.ClH/c16-12-6-7-20-14(12)15(19)18-13-3-1-2-9-8-10(17)4-5-11(9)13;/h4-8,13H,1-3,17H2,(H,18,19);1H. The Morgan fingerprint density at radius 2 is 2.19 bits per heavy atom. The zero-order valence-corrected chi connectivity index (χ0v) is 13.7. The van der Waals surface area contributed by atoms with Gasteiger partial charge < -0.3 is 11.1 Å². The van der Waals surface area contributed by atoms with Crippen LogP contribution >= 0.6 is 35.3 Å². The van der Waals surface area contributed by atoms with Crippen molar-refractivity contribution in [3.8, 4) is 0 Å². The van der Waals surface area contributed by atoms with Crippen molar-refractivity contribution < 1.29 is 4.79 Å². The molecule has 6 heteroatoms. The fourth-order valence-electron chi connectivity index (χ4n) is 2.66. The number of aryl methyl sites for hydroxylation is 1. The smallest absolute Gasteiger partial charge is 0.263 e. The van der Waals surface area contributed by atoms with Crippen molar-refractivity contribution in [1.29, 1.82) is 0 Å². The van der Waals surface area contributed by atoms with E-state index in [0.29, 0.717) is 9.90 Å². The molecule has 0 saturated heterocycles. The van der Waals surface area contributed by atoms with Gasteiger partial charge >= 0.3 is 0 Å². The van der Waals surface area contributed by atoms with Crippen LogP contribution < -0.4 is 11.1 Å². The average Bonchev–Trinajstić information content (AvgIpc) is 2.85. The summed E-state index contributed by atoms with van der Waals surface area (Å²) in [6, 6.07) is 7.71. The molecule has 0 aliphatic heterocycles. The number of hydrogen-bond donors (Lipinski definition) is 2. The van der Waals surface area contributed by atoms with Crippen LogP contribution in [0.25, 0.3) is 0 Å². The molecule has 1 heterocycles. The summed E-state index contributed by atoms with van der Waals surface area (Å²) >= 11 is 7.37. The van der Waals surface area contributed by atoms with Crippen molar-refractivity contribution in [3.63, 3.8) is 0 Å². The van der Waals surface area contributed by atoms with E-state index in [4.69, 9.17) is 17.3 Å². The second kappa shape index (κ2) is 6.69.